The van der Waals surface area contributed by atoms with E-state index in [1.165, 1.54) is 0 Å². The van der Waals surface area contributed by atoms with Crippen LogP contribution >= 0.6 is 0 Å². The summed E-state index contributed by atoms with van der Waals surface area (Å²) in [5.41, 5.74) is 8.22. The van der Waals surface area contributed by atoms with E-state index in [2.05, 4.69) is 5.32 Å². The van der Waals surface area contributed by atoms with Gasteiger partial charge in [-0.05, 0) is 29.8 Å². The summed E-state index contributed by atoms with van der Waals surface area (Å²) in [5, 5.41) is 2.97. The molecule has 0 radical (unpaired) electrons. The Morgan fingerprint density at radius 2 is 1.52 bits per heavy atom. The molecular weight excluding hydrogens is 340 g/mol. The highest BCUT2D eigenvalue weighted by atomic mass is 16.5. The molecule has 3 aromatic carbocycles. The number of carbonyl (C=O) groups excluding carboxylic acids is 2. The van der Waals surface area contributed by atoms with Crippen molar-refractivity contribution in [3.05, 3.63) is 95.1 Å². The van der Waals surface area contributed by atoms with Crippen LogP contribution in [0.5, 0.6) is 11.5 Å². The van der Waals surface area contributed by atoms with E-state index in [4.69, 9.17) is 10.5 Å². The molecule has 0 aromatic heterocycles. The maximum Gasteiger partial charge on any atom is 0.248 e. The third kappa shape index (κ3) is 3.27. The van der Waals surface area contributed by atoms with Gasteiger partial charge in [-0.3, -0.25) is 9.59 Å². The van der Waals surface area contributed by atoms with Gasteiger partial charge in [0.1, 0.15) is 11.5 Å². The molecule has 5 heteroatoms. The number of benzene rings is 3. The number of para-hydroxylation sites is 2. The van der Waals surface area contributed by atoms with E-state index in [9.17, 15) is 9.59 Å². The molecule has 0 spiro atoms. The smallest absolute Gasteiger partial charge is 0.248 e. The van der Waals surface area contributed by atoms with E-state index >= 15 is 0 Å². The van der Waals surface area contributed by atoms with Crippen molar-refractivity contribution in [2.75, 3.05) is 0 Å². The van der Waals surface area contributed by atoms with Gasteiger partial charge in [0.2, 0.25) is 11.8 Å². The Kier molecular flexibility index (Phi) is 4.34. The lowest BCUT2D eigenvalue weighted by Gasteiger charge is -2.27. The van der Waals surface area contributed by atoms with Crippen molar-refractivity contribution in [1.82, 2.24) is 5.32 Å². The molecule has 27 heavy (non-hydrogen) atoms. The van der Waals surface area contributed by atoms with Crippen molar-refractivity contribution in [1.29, 1.82) is 0 Å². The highest BCUT2D eigenvalue weighted by Crippen LogP contribution is 2.43. The Morgan fingerprint density at radius 3 is 2.15 bits per heavy atom. The first-order chi connectivity index (χ1) is 13.1. The number of hydrogen-bond donors (Lipinski definition) is 2. The zero-order valence-corrected chi connectivity index (χ0v) is 14.5. The summed E-state index contributed by atoms with van der Waals surface area (Å²) in [7, 11) is 0. The highest BCUT2D eigenvalue weighted by molar-refractivity contribution is 5.93. The van der Waals surface area contributed by atoms with E-state index in [0.717, 1.165) is 16.7 Å². The minimum absolute atomic E-state index is 0.123. The standard InChI is InChI=1S/C22H18N2O3/c23-21(25)15-7-5-6-14(12-15)13-24-22(26)20-16-8-1-3-10-18(16)27-19-11-4-2-9-17(19)20/h1-12,20H,13H2,(H2,23,25)(H,24,26). The van der Waals surface area contributed by atoms with Gasteiger partial charge in [0, 0.05) is 23.2 Å². The second kappa shape index (κ2) is 6.96. The number of nitrogens with two attached hydrogens (primary N) is 1. The van der Waals surface area contributed by atoms with Gasteiger partial charge in [-0.15, -0.1) is 0 Å². The van der Waals surface area contributed by atoms with Gasteiger partial charge in [-0.1, -0.05) is 48.5 Å². The van der Waals surface area contributed by atoms with Gasteiger partial charge >= 0.3 is 0 Å². The number of fused-ring (bicyclic) bond motifs is 2. The first-order valence-electron chi connectivity index (χ1n) is 8.65. The lowest BCUT2D eigenvalue weighted by atomic mass is 9.87. The minimum atomic E-state index is -0.490. The number of primary amides is 1. The van der Waals surface area contributed by atoms with Crippen LogP contribution in [-0.2, 0) is 11.3 Å². The van der Waals surface area contributed by atoms with Gasteiger partial charge in [-0.25, -0.2) is 0 Å². The predicted molar refractivity (Wildman–Crippen MR) is 102 cm³/mol. The number of ether oxygens (including phenoxy) is 1. The molecule has 0 bridgehead atoms. The fourth-order valence-electron chi connectivity index (χ4n) is 3.32. The Labute approximate surface area is 156 Å². The van der Waals surface area contributed by atoms with E-state index in [-0.39, 0.29) is 5.91 Å². The van der Waals surface area contributed by atoms with Crippen molar-refractivity contribution in [2.45, 2.75) is 12.5 Å². The molecule has 1 aliphatic heterocycles. The third-order valence-corrected chi connectivity index (χ3v) is 4.62. The van der Waals surface area contributed by atoms with Gasteiger partial charge in [0.25, 0.3) is 0 Å². The second-order valence-corrected chi connectivity index (χ2v) is 6.39. The molecule has 0 unspecified atom stereocenters. The van der Waals surface area contributed by atoms with Crippen molar-refractivity contribution in [3.63, 3.8) is 0 Å². The molecule has 4 rings (SSSR count). The van der Waals surface area contributed by atoms with Crippen LogP contribution in [0.2, 0.25) is 0 Å². The lowest BCUT2D eigenvalue weighted by Crippen LogP contribution is -2.31. The second-order valence-electron chi connectivity index (χ2n) is 6.39. The van der Waals surface area contributed by atoms with Crippen LogP contribution in [0.4, 0.5) is 0 Å². The molecule has 0 saturated heterocycles. The Hall–Kier alpha value is -3.60. The van der Waals surface area contributed by atoms with Crippen LogP contribution in [-0.4, -0.2) is 11.8 Å². The van der Waals surface area contributed by atoms with Crippen LogP contribution in [0.1, 0.15) is 33.0 Å². The highest BCUT2D eigenvalue weighted by Gasteiger charge is 2.32. The normalized spacial score (nSPS) is 12.4. The number of carbonyl (C=O) groups is 2. The first-order valence-corrected chi connectivity index (χ1v) is 8.65. The summed E-state index contributed by atoms with van der Waals surface area (Å²) < 4.78 is 5.93. The molecule has 134 valence electrons. The molecule has 0 saturated carbocycles. The largest absolute Gasteiger partial charge is 0.457 e. The van der Waals surface area contributed by atoms with Crippen LogP contribution in [0.3, 0.4) is 0 Å². The summed E-state index contributed by atoms with van der Waals surface area (Å²) in [5.74, 6) is 0.308. The van der Waals surface area contributed by atoms with Crippen molar-refractivity contribution < 1.29 is 14.3 Å². The minimum Gasteiger partial charge on any atom is -0.457 e. The van der Waals surface area contributed by atoms with Gasteiger partial charge in [0.15, 0.2) is 0 Å². The summed E-state index contributed by atoms with van der Waals surface area (Å²) in [6.07, 6.45) is 0. The van der Waals surface area contributed by atoms with Crippen LogP contribution in [0.15, 0.2) is 72.8 Å². The average molecular weight is 358 g/mol. The number of amides is 2. The fraction of sp³-hybridized carbons (Fsp3) is 0.0909. The van der Waals surface area contributed by atoms with Crippen LogP contribution < -0.4 is 15.8 Å². The molecule has 1 heterocycles. The number of nitrogens with one attached hydrogen (secondary N) is 1. The number of rotatable bonds is 4. The fourth-order valence-corrected chi connectivity index (χ4v) is 3.32. The third-order valence-electron chi connectivity index (χ3n) is 4.62. The average Bonchev–Trinajstić information content (AvgIpc) is 2.70. The molecular formula is C22H18N2O3. The molecule has 2 amide bonds. The number of hydrogen-bond acceptors (Lipinski definition) is 3. The molecule has 5 nitrogen and oxygen atoms in total. The van der Waals surface area contributed by atoms with E-state index in [1.54, 1.807) is 18.2 Å². The van der Waals surface area contributed by atoms with Gasteiger partial charge < -0.3 is 15.8 Å². The Bertz CT molecular complexity index is 984. The van der Waals surface area contributed by atoms with E-state index < -0.39 is 11.8 Å². The maximum atomic E-state index is 13.1. The summed E-state index contributed by atoms with van der Waals surface area (Å²) in [6.45, 7) is 0.307. The topological polar surface area (TPSA) is 81.4 Å². The van der Waals surface area contributed by atoms with Crippen LogP contribution in [0, 0.1) is 0 Å². The molecule has 1 aliphatic rings. The Morgan fingerprint density at radius 1 is 0.889 bits per heavy atom. The van der Waals surface area contributed by atoms with E-state index in [1.807, 2.05) is 54.6 Å². The molecule has 0 atom stereocenters. The predicted octanol–water partition coefficient (Wildman–Crippen LogP) is 3.34. The van der Waals surface area contributed by atoms with E-state index in [0.29, 0.717) is 23.6 Å². The zero-order chi connectivity index (χ0) is 18.8. The van der Waals surface area contributed by atoms with Crippen molar-refractivity contribution in [2.24, 2.45) is 5.73 Å². The zero-order valence-electron chi connectivity index (χ0n) is 14.5. The molecule has 0 fully saturated rings. The molecule has 3 N–H and O–H groups in total. The van der Waals surface area contributed by atoms with Crippen molar-refractivity contribution >= 4 is 11.8 Å². The SMILES string of the molecule is NC(=O)c1cccc(CNC(=O)C2c3ccccc3Oc3ccccc32)c1. The summed E-state index contributed by atoms with van der Waals surface area (Å²) in [6, 6.07) is 22.0. The molecule has 0 aliphatic carbocycles. The monoisotopic (exact) mass is 358 g/mol. The molecule has 3 aromatic rings. The Balaban J connectivity index is 1.61. The lowest BCUT2D eigenvalue weighted by molar-refractivity contribution is -0.122. The quantitative estimate of drug-likeness (QED) is 0.750. The first kappa shape index (κ1) is 16.8. The van der Waals surface area contributed by atoms with Crippen molar-refractivity contribution in [3.8, 4) is 11.5 Å². The van der Waals surface area contributed by atoms with Crippen LogP contribution in [0.25, 0.3) is 0 Å². The van der Waals surface area contributed by atoms with Gasteiger partial charge in [0.05, 0.1) is 5.92 Å². The summed E-state index contributed by atoms with van der Waals surface area (Å²) >= 11 is 0. The van der Waals surface area contributed by atoms with Gasteiger partial charge in [-0.2, -0.15) is 0 Å². The summed E-state index contributed by atoms with van der Waals surface area (Å²) in [4.78, 5) is 24.4. The maximum absolute atomic E-state index is 13.1.